The van der Waals surface area contributed by atoms with Crippen molar-refractivity contribution in [2.75, 3.05) is 13.1 Å². The molecular weight excluding hydrogens is 318 g/mol. The fraction of sp³-hybridized carbons (Fsp3) is 0.368. The van der Waals surface area contributed by atoms with Crippen LogP contribution in [0.1, 0.15) is 46.8 Å². The number of aromatic nitrogens is 2. The minimum absolute atomic E-state index is 0.116. The van der Waals surface area contributed by atoms with Gasteiger partial charge in [-0.3, -0.25) is 14.8 Å². The lowest BCUT2D eigenvalue weighted by Crippen LogP contribution is -2.39. The predicted octanol–water partition coefficient (Wildman–Crippen LogP) is 2.51. The molecule has 6 nitrogen and oxygen atoms in total. The fourth-order valence-electron chi connectivity index (χ4n) is 3.25. The summed E-state index contributed by atoms with van der Waals surface area (Å²) in [6.45, 7) is 1.40. The number of aromatic carboxylic acids is 1. The van der Waals surface area contributed by atoms with Crippen molar-refractivity contribution in [1.29, 1.82) is 0 Å². The average molecular weight is 339 g/mol. The molecule has 0 aliphatic carbocycles. The van der Waals surface area contributed by atoms with E-state index in [1.54, 1.807) is 36.8 Å². The van der Waals surface area contributed by atoms with E-state index in [0.717, 1.165) is 30.6 Å². The summed E-state index contributed by atoms with van der Waals surface area (Å²) in [7, 11) is 0. The number of carboxylic acid groups (broad SMARTS) is 1. The van der Waals surface area contributed by atoms with E-state index in [-0.39, 0.29) is 11.8 Å². The molecule has 3 rings (SSSR count). The number of rotatable bonds is 5. The Morgan fingerprint density at radius 1 is 1.28 bits per heavy atom. The molecule has 0 spiro atoms. The summed E-state index contributed by atoms with van der Waals surface area (Å²) in [5.74, 6) is -0.618. The SMILES string of the molecule is O=C(O)c1cccc([C@@H]2CCCN(C(=O)CCc3cnccn3)C2)c1. The summed E-state index contributed by atoms with van der Waals surface area (Å²) in [5, 5.41) is 9.15. The highest BCUT2D eigenvalue weighted by Crippen LogP contribution is 2.28. The maximum absolute atomic E-state index is 12.5. The van der Waals surface area contributed by atoms with Crippen LogP contribution in [0.2, 0.25) is 0 Å². The Morgan fingerprint density at radius 2 is 2.16 bits per heavy atom. The molecule has 130 valence electrons. The van der Waals surface area contributed by atoms with Gasteiger partial charge in [0, 0.05) is 44.0 Å². The van der Waals surface area contributed by atoms with Gasteiger partial charge in [0.2, 0.25) is 5.91 Å². The number of carboxylic acids is 1. The number of hydrogen-bond acceptors (Lipinski definition) is 4. The van der Waals surface area contributed by atoms with Crippen molar-refractivity contribution in [1.82, 2.24) is 14.9 Å². The maximum atomic E-state index is 12.5. The molecule has 2 heterocycles. The van der Waals surface area contributed by atoms with E-state index in [1.165, 1.54) is 0 Å². The molecule has 1 atom stereocenters. The van der Waals surface area contributed by atoms with Crippen LogP contribution < -0.4 is 0 Å². The Hall–Kier alpha value is -2.76. The third-order valence-corrected chi connectivity index (χ3v) is 4.59. The van der Waals surface area contributed by atoms with E-state index in [9.17, 15) is 9.59 Å². The summed E-state index contributed by atoms with van der Waals surface area (Å²) in [6.07, 6.45) is 7.83. The standard InChI is InChI=1S/C19H21N3O3/c23-18(7-6-17-12-20-8-9-21-17)22-10-2-5-16(13-22)14-3-1-4-15(11-14)19(24)25/h1,3-4,8-9,11-12,16H,2,5-7,10,13H2,(H,24,25)/t16-/m1/s1. The number of benzene rings is 1. The van der Waals surface area contributed by atoms with E-state index in [4.69, 9.17) is 5.11 Å². The third kappa shape index (κ3) is 4.41. The smallest absolute Gasteiger partial charge is 0.335 e. The zero-order valence-electron chi connectivity index (χ0n) is 14.0. The summed E-state index contributed by atoms with van der Waals surface area (Å²) >= 11 is 0. The normalized spacial score (nSPS) is 17.3. The van der Waals surface area contributed by atoms with Gasteiger partial charge in [0.25, 0.3) is 0 Å². The van der Waals surface area contributed by atoms with Crippen LogP contribution in [0.5, 0.6) is 0 Å². The lowest BCUT2D eigenvalue weighted by Gasteiger charge is -2.33. The van der Waals surface area contributed by atoms with Crippen molar-refractivity contribution in [3.05, 3.63) is 59.7 Å². The van der Waals surface area contributed by atoms with Crippen LogP contribution in [0, 0.1) is 0 Å². The predicted molar refractivity (Wildman–Crippen MR) is 92.3 cm³/mol. The number of carbonyl (C=O) groups is 2. The summed E-state index contributed by atoms with van der Waals surface area (Å²) in [6, 6.07) is 7.04. The van der Waals surface area contributed by atoms with E-state index < -0.39 is 5.97 Å². The summed E-state index contributed by atoms with van der Waals surface area (Å²) < 4.78 is 0. The number of piperidine rings is 1. The van der Waals surface area contributed by atoms with E-state index in [0.29, 0.717) is 24.9 Å². The van der Waals surface area contributed by atoms with Crippen LogP contribution in [0.4, 0.5) is 0 Å². The van der Waals surface area contributed by atoms with Gasteiger partial charge >= 0.3 is 5.97 Å². The quantitative estimate of drug-likeness (QED) is 0.905. The molecule has 1 fully saturated rings. The largest absolute Gasteiger partial charge is 0.478 e. The van der Waals surface area contributed by atoms with Gasteiger partial charge in [-0.05, 0) is 37.0 Å². The molecule has 1 aliphatic rings. The second kappa shape index (κ2) is 7.88. The minimum atomic E-state index is -0.922. The summed E-state index contributed by atoms with van der Waals surface area (Å²) in [5.41, 5.74) is 2.11. The highest BCUT2D eigenvalue weighted by molar-refractivity contribution is 5.87. The van der Waals surface area contributed by atoms with Gasteiger partial charge in [0.15, 0.2) is 0 Å². The molecule has 6 heteroatoms. The Kier molecular flexibility index (Phi) is 5.38. The van der Waals surface area contributed by atoms with Crippen molar-refractivity contribution in [2.24, 2.45) is 0 Å². The molecule has 1 amide bonds. The topological polar surface area (TPSA) is 83.4 Å². The maximum Gasteiger partial charge on any atom is 0.335 e. The summed E-state index contributed by atoms with van der Waals surface area (Å²) in [4.78, 5) is 33.8. The van der Waals surface area contributed by atoms with Gasteiger partial charge in [-0.15, -0.1) is 0 Å². The number of carbonyl (C=O) groups excluding carboxylic acids is 1. The Labute approximate surface area is 146 Å². The van der Waals surface area contributed by atoms with Crippen molar-refractivity contribution in [3.63, 3.8) is 0 Å². The first kappa shape index (κ1) is 17.1. The fourth-order valence-corrected chi connectivity index (χ4v) is 3.25. The first-order valence-corrected chi connectivity index (χ1v) is 8.49. The first-order valence-electron chi connectivity index (χ1n) is 8.49. The third-order valence-electron chi connectivity index (χ3n) is 4.59. The van der Waals surface area contributed by atoms with Crippen LogP contribution in [-0.4, -0.2) is 44.9 Å². The van der Waals surface area contributed by atoms with E-state index in [2.05, 4.69) is 9.97 Å². The molecule has 2 aromatic rings. The monoisotopic (exact) mass is 339 g/mol. The van der Waals surface area contributed by atoms with Crippen molar-refractivity contribution in [2.45, 2.75) is 31.6 Å². The Balaban J connectivity index is 1.61. The lowest BCUT2D eigenvalue weighted by molar-refractivity contribution is -0.132. The number of nitrogens with zero attached hydrogens (tertiary/aromatic N) is 3. The van der Waals surface area contributed by atoms with Crippen LogP contribution in [0.15, 0.2) is 42.9 Å². The zero-order valence-corrected chi connectivity index (χ0v) is 14.0. The van der Waals surface area contributed by atoms with E-state index in [1.807, 2.05) is 11.0 Å². The van der Waals surface area contributed by atoms with Crippen LogP contribution >= 0.6 is 0 Å². The average Bonchev–Trinajstić information content (AvgIpc) is 2.67. The van der Waals surface area contributed by atoms with Crippen molar-refractivity contribution < 1.29 is 14.7 Å². The molecule has 0 unspecified atom stereocenters. The van der Waals surface area contributed by atoms with Gasteiger partial charge < -0.3 is 10.0 Å². The first-order chi connectivity index (χ1) is 12.1. The number of likely N-dealkylation sites (tertiary alicyclic amines) is 1. The lowest BCUT2D eigenvalue weighted by atomic mass is 9.89. The van der Waals surface area contributed by atoms with E-state index >= 15 is 0 Å². The van der Waals surface area contributed by atoms with Gasteiger partial charge in [-0.2, -0.15) is 0 Å². The molecule has 0 saturated carbocycles. The second-order valence-corrected chi connectivity index (χ2v) is 6.31. The molecular formula is C19H21N3O3. The second-order valence-electron chi connectivity index (χ2n) is 6.31. The molecule has 1 aliphatic heterocycles. The van der Waals surface area contributed by atoms with Crippen LogP contribution in [-0.2, 0) is 11.2 Å². The molecule has 1 aromatic heterocycles. The zero-order chi connectivity index (χ0) is 17.6. The molecule has 25 heavy (non-hydrogen) atoms. The number of hydrogen-bond donors (Lipinski definition) is 1. The molecule has 1 aromatic carbocycles. The van der Waals surface area contributed by atoms with Gasteiger partial charge in [-0.1, -0.05) is 12.1 Å². The number of aryl methyl sites for hydroxylation is 1. The molecule has 1 saturated heterocycles. The highest BCUT2D eigenvalue weighted by atomic mass is 16.4. The minimum Gasteiger partial charge on any atom is -0.478 e. The number of amides is 1. The van der Waals surface area contributed by atoms with Gasteiger partial charge in [0.05, 0.1) is 11.3 Å². The van der Waals surface area contributed by atoms with Crippen LogP contribution in [0.25, 0.3) is 0 Å². The van der Waals surface area contributed by atoms with Crippen molar-refractivity contribution in [3.8, 4) is 0 Å². The Bertz CT molecular complexity index is 749. The Morgan fingerprint density at radius 3 is 2.92 bits per heavy atom. The van der Waals surface area contributed by atoms with Crippen molar-refractivity contribution >= 4 is 11.9 Å². The molecule has 1 N–H and O–H groups in total. The highest BCUT2D eigenvalue weighted by Gasteiger charge is 2.25. The van der Waals surface area contributed by atoms with Gasteiger partial charge in [-0.25, -0.2) is 4.79 Å². The molecule has 0 bridgehead atoms. The van der Waals surface area contributed by atoms with Gasteiger partial charge in [0.1, 0.15) is 0 Å². The molecule has 0 radical (unpaired) electrons. The van der Waals surface area contributed by atoms with Crippen LogP contribution in [0.3, 0.4) is 0 Å².